The van der Waals surface area contributed by atoms with Crippen LogP contribution in [0.25, 0.3) is 0 Å². The molecule has 82 valence electrons. The summed E-state index contributed by atoms with van der Waals surface area (Å²) in [7, 11) is 1.86. The predicted molar refractivity (Wildman–Crippen MR) is 57.0 cm³/mol. The van der Waals surface area contributed by atoms with E-state index in [9.17, 15) is 4.79 Å². The van der Waals surface area contributed by atoms with E-state index in [1.165, 1.54) is 0 Å². The molecule has 0 saturated carbocycles. The Morgan fingerprint density at radius 3 is 2.50 bits per heavy atom. The van der Waals surface area contributed by atoms with Crippen molar-refractivity contribution in [3.63, 3.8) is 0 Å². The van der Waals surface area contributed by atoms with Gasteiger partial charge >= 0.3 is 0 Å². The van der Waals surface area contributed by atoms with Gasteiger partial charge in [0.2, 0.25) is 5.91 Å². The molecule has 2 N–H and O–H groups in total. The predicted octanol–water partition coefficient (Wildman–Crippen LogP) is -0.112. The second kappa shape index (κ2) is 5.32. The average molecular weight is 199 g/mol. The third-order valence-corrected chi connectivity index (χ3v) is 3.12. The van der Waals surface area contributed by atoms with Gasteiger partial charge in [-0.1, -0.05) is 6.92 Å². The van der Waals surface area contributed by atoms with Gasteiger partial charge in [-0.3, -0.25) is 4.79 Å². The maximum absolute atomic E-state index is 11.3. The molecule has 0 atom stereocenters. The maximum atomic E-state index is 11.3. The van der Waals surface area contributed by atoms with E-state index in [2.05, 4.69) is 11.8 Å². The van der Waals surface area contributed by atoms with Crippen LogP contribution in [0.4, 0.5) is 0 Å². The molecule has 1 aliphatic rings. The molecule has 0 aromatic rings. The molecule has 0 aromatic heterocycles. The zero-order valence-corrected chi connectivity index (χ0v) is 9.20. The standard InChI is InChI=1S/C10H21N3O/c1-3-13-6-4-9(5-7-13)12(2)10(14)8-11/h9H,3-8,11H2,1-2H3. The monoisotopic (exact) mass is 199 g/mol. The molecule has 1 fully saturated rings. The first kappa shape index (κ1) is 11.5. The molecule has 0 spiro atoms. The van der Waals surface area contributed by atoms with Crippen molar-refractivity contribution in [1.82, 2.24) is 9.80 Å². The first-order chi connectivity index (χ1) is 6.69. The van der Waals surface area contributed by atoms with Crippen LogP contribution in [0.15, 0.2) is 0 Å². The van der Waals surface area contributed by atoms with E-state index >= 15 is 0 Å². The van der Waals surface area contributed by atoms with Crippen LogP contribution in [0, 0.1) is 0 Å². The van der Waals surface area contributed by atoms with Crippen LogP contribution in [0.5, 0.6) is 0 Å². The van der Waals surface area contributed by atoms with E-state index in [1.54, 1.807) is 0 Å². The summed E-state index contributed by atoms with van der Waals surface area (Å²) in [5, 5.41) is 0. The van der Waals surface area contributed by atoms with Gasteiger partial charge in [-0.25, -0.2) is 0 Å². The maximum Gasteiger partial charge on any atom is 0.236 e. The molecule has 0 aliphatic carbocycles. The number of carbonyl (C=O) groups is 1. The van der Waals surface area contributed by atoms with Crippen molar-refractivity contribution in [2.45, 2.75) is 25.8 Å². The van der Waals surface area contributed by atoms with Crippen molar-refractivity contribution in [1.29, 1.82) is 0 Å². The minimum absolute atomic E-state index is 0.0555. The Kier molecular flexibility index (Phi) is 4.35. The van der Waals surface area contributed by atoms with E-state index in [-0.39, 0.29) is 12.5 Å². The van der Waals surface area contributed by atoms with E-state index in [1.807, 2.05) is 11.9 Å². The fourth-order valence-electron chi connectivity index (χ4n) is 1.97. The highest BCUT2D eigenvalue weighted by Gasteiger charge is 2.23. The lowest BCUT2D eigenvalue weighted by Gasteiger charge is -2.36. The summed E-state index contributed by atoms with van der Waals surface area (Å²) in [6.45, 7) is 5.62. The van der Waals surface area contributed by atoms with Crippen LogP contribution in [-0.4, -0.2) is 55.0 Å². The largest absolute Gasteiger partial charge is 0.342 e. The van der Waals surface area contributed by atoms with Crippen molar-refractivity contribution >= 4 is 5.91 Å². The SMILES string of the molecule is CCN1CCC(N(C)C(=O)CN)CC1. The second-order valence-corrected chi connectivity index (χ2v) is 3.87. The van der Waals surface area contributed by atoms with Crippen molar-refractivity contribution in [2.24, 2.45) is 5.73 Å². The quantitative estimate of drug-likeness (QED) is 0.690. The molecule has 4 nitrogen and oxygen atoms in total. The number of hydrogen-bond acceptors (Lipinski definition) is 3. The Labute approximate surface area is 86.0 Å². The number of rotatable bonds is 3. The van der Waals surface area contributed by atoms with Crippen LogP contribution < -0.4 is 5.73 Å². The number of carbonyl (C=O) groups excluding carboxylic acids is 1. The number of amides is 1. The lowest BCUT2D eigenvalue weighted by atomic mass is 10.0. The summed E-state index contributed by atoms with van der Waals surface area (Å²) < 4.78 is 0. The van der Waals surface area contributed by atoms with Gasteiger partial charge in [0, 0.05) is 26.2 Å². The molecule has 1 heterocycles. The van der Waals surface area contributed by atoms with Crippen LogP contribution in [0.3, 0.4) is 0 Å². The second-order valence-electron chi connectivity index (χ2n) is 3.87. The van der Waals surface area contributed by atoms with Gasteiger partial charge in [-0.15, -0.1) is 0 Å². The molecule has 0 bridgehead atoms. The third kappa shape index (κ3) is 2.69. The lowest BCUT2D eigenvalue weighted by molar-refractivity contribution is -0.131. The van der Waals surface area contributed by atoms with Crippen LogP contribution in [0.1, 0.15) is 19.8 Å². The Morgan fingerprint density at radius 1 is 1.50 bits per heavy atom. The van der Waals surface area contributed by atoms with Crippen LogP contribution in [0.2, 0.25) is 0 Å². The number of hydrogen-bond donors (Lipinski definition) is 1. The normalized spacial score (nSPS) is 19.6. The van der Waals surface area contributed by atoms with Crippen LogP contribution >= 0.6 is 0 Å². The molecule has 4 heteroatoms. The molecule has 1 amide bonds. The summed E-state index contributed by atoms with van der Waals surface area (Å²) in [6.07, 6.45) is 2.16. The van der Waals surface area contributed by atoms with Gasteiger partial charge in [-0.2, -0.15) is 0 Å². The summed E-state index contributed by atoms with van der Waals surface area (Å²) in [4.78, 5) is 15.6. The minimum Gasteiger partial charge on any atom is -0.342 e. The summed E-state index contributed by atoms with van der Waals surface area (Å²) in [5.74, 6) is 0.0555. The minimum atomic E-state index is 0.0555. The first-order valence-electron chi connectivity index (χ1n) is 5.37. The highest BCUT2D eigenvalue weighted by molar-refractivity contribution is 5.78. The smallest absolute Gasteiger partial charge is 0.236 e. The highest BCUT2D eigenvalue weighted by atomic mass is 16.2. The van der Waals surface area contributed by atoms with E-state index < -0.39 is 0 Å². The van der Waals surface area contributed by atoms with Crippen molar-refractivity contribution in [3.8, 4) is 0 Å². The third-order valence-electron chi connectivity index (χ3n) is 3.12. The summed E-state index contributed by atoms with van der Waals surface area (Å²) >= 11 is 0. The molecular weight excluding hydrogens is 178 g/mol. The Hall–Kier alpha value is -0.610. The Morgan fingerprint density at radius 2 is 2.07 bits per heavy atom. The summed E-state index contributed by atoms with van der Waals surface area (Å²) in [6, 6.07) is 0.397. The highest BCUT2D eigenvalue weighted by Crippen LogP contribution is 2.14. The van der Waals surface area contributed by atoms with Gasteiger partial charge in [0.1, 0.15) is 0 Å². The topological polar surface area (TPSA) is 49.6 Å². The molecule has 1 rings (SSSR count). The zero-order valence-electron chi connectivity index (χ0n) is 9.20. The van der Waals surface area contributed by atoms with Crippen molar-refractivity contribution < 1.29 is 4.79 Å². The van der Waals surface area contributed by atoms with E-state index in [0.29, 0.717) is 6.04 Å². The molecule has 0 unspecified atom stereocenters. The van der Waals surface area contributed by atoms with Crippen molar-refractivity contribution in [3.05, 3.63) is 0 Å². The zero-order chi connectivity index (χ0) is 10.6. The molecule has 14 heavy (non-hydrogen) atoms. The van der Waals surface area contributed by atoms with E-state index in [4.69, 9.17) is 5.73 Å². The molecule has 1 saturated heterocycles. The van der Waals surface area contributed by atoms with Crippen molar-refractivity contribution in [2.75, 3.05) is 33.2 Å². The molecule has 0 aromatic carbocycles. The molecule has 1 aliphatic heterocycles. The lowest BCUT2D eigenvalue weighted by Crippen LogP contribution is -2.47. The fraction of sp³-hybridized carbons (Fsp3) is 0.900. The van der Waals surface area contributed by atoms with Gasteiger partial charge in [0.05, 0.1) is 6.54 Å². The number of likely N-dealkylation sites (N-methyl/N-ethyl adjacent to an activating group) is 1. The Bertz CT molecular complexity index is 188. The van der Waals surface area contributed by atoms with E-state index in [0.717, 1.165) is 32.5 Å². The van der Waals surface area contributed by atoms with Gasteiger partial charge in [0.25, 0.3) is 0 Å². The number of nitrogens with zero attached hydrogens (tertiary/aromatic N) is 2. The Balaban J connectivity index is 2.37. The number of nitrogens with two attached hydrogens (primary N) is 1. The van der Waals surface area contributed by atoms with Gasteiger partial charge in [0.15, 0.2) is 0 Å². The molecular formula is C10H21N3O. The summed E-state index contributed by atoms with van der Waals surface area (Å²) in [5.41, 5.74) is 5.33. The van der Waals surface area contributed by atoms with Gasteiger partial charge in [-0.05, 0) is 19.4 Å². The van der Waals surface area contributed by atoms with Crippen LogP contribution in [-0.2, 0) is 4.79 Å². The fourth-order valence-corrected chi connectivity index (χ4v) is 1.97. The average Bonchev–Trinajstić information content (AvgIpc) is 2.27. The first-order valence-corrected chi connectivity index (χ1v) is 5.37. The number of piperidine rings is 1. The molecule has 0 radical (unpaired) electrons. The van der Waals surface area contributed by atoms with Gasteiger partial charge < -0.3 is 15.5 Å². The number of likely N-dealkylation sites (tertiary alicyclic amines) is 1.